The van der Waals surface area contributed by atoms with Crippen molar-refractivity contribution in [3.63, 3.8) is 0 Å². The van der Waals surface area contributed by atoms with E-state index in [4.69, 9.17) is 10.8 Å². The Morgan fingerprint density at radius 2 is 2.08 bits per heavy atom. The lowest BCUT2D eigenvalue weighted by atomic mass is 9.53. The number of nitrogens with two attached hydrogens (primary N) is 1. The number of fused-ring (bicyclic) bond motifs is 1. The molecule has 0 radical (unpaired) electrons. The minimum atomic E-state index is -0.901. The van der Waals surface area contributed by atoms with Crippen molar-refractivity contribution in [1.82, 2.24) is 0 Å². The van der Waals surface area contributed by atoms with Crippen LogP contribution in [0.2, 0.25) is 0 Å². The second-order valence-corrected chi connectivity index (χ2v) is 7.12. The summed E-state index contributed by atoms with van der Waals surface area (Å²) in [6.45, 7) is 1.82. The third-order valence-corrected chi connectivity index (χ3v) is 5.39. The van der Waals surface area contributed by atoms with E-state index in [1.54, 1.807) is 0 Å². The van der Waals surface area contributed by atoms with Gasteiger partial charge in [0.15, 0.2) is 0 Å². The van der Waals surface area contributed by atoms with Crippen LogP contribution >= 0.6 is 0 Å². The number of aliphatic carboxylic acids is 1. The molecule has 6 nitrogen and oxygen atoms in total. The van der Waals surface area contributed by atoms with Gasteiger partial charge < -0.3 is 10.8 Å². The van der Waals surface area contributed by atoms with Crippen LogP contribution in [0.4, 0.5) is 0 Å². The van der Waals surface area contributed by atoms with Crippen molar-refractivity contribution in [2.45, 2.75) is 45.1 Å². The van der Waals surface area contributed by atoms with Gasteiger partial charge in [-0.25, -0.2) is 0 Å². The molecule has 0 heterocycles. The van der Waals surface area contributed by atoms with Crippen molar-refractivity contribution >= 4 is 5.97 Å². The number of rotatable bonds is 5. The summed E-state index contributed by atoms with van der Waals surface area (Å²) in [5.74, 6) is -0.0505. The highest BCUT2D eigenvalue weighted by atomic mass is 16.6. The summed E-state index contributed by atoms with van der Waals surface area (Å²) in [6.07, 6.45) is 3.92. The number of hydrogen-bond donors (Lipinski definition) is 2. The highest BCUT2D eigenvalue weighted by molar-refractivity contribution is 5.68. The van der Waals surface area contributed by atoms with Crippen molar-refractivity contribution in [2.75, 3.05) is 6.54 Å². The van der Waals surface area contributed by atoms with E-state index in [-0.39, 0.29) is 23.9 Å². The van der Waals surface area contributed by atoms with Gasteiger partial charge in [-0.3, -0.25) is 14.9 Å². The third kappa shape index (κ3) is 4.32. The zero-order valence-corrected chi connectivity index (χ0v) is 14.1. The normalized spacial score (nSPS) is 28.8. The second kappa shape index (κ2) is 7.75. The quantitative estimate of drug-likeness (QED) is 0.635. The van der Waals surface area contributed by atoms with Crippen molar-refractivity contribution in [2.24, 2.45) is 23.0 Å². The Morgan fingerprint density at radius 3 is 2.54 bits per heavy atom. The molecule has 1 aromatic rings. The van der Waals surface area contributed by atoms with Crippen molar-refractivity contribution < 1.29 is 14.8 Å². The lowest BCUT2D eigenvalue weighted by molar-refractivity contribution is -0.506. The van der Waals surface area contributed by atoms with E-state index in [2.05, 4.69) is 0 Å². The molecule has 1 aromatic carbocycles. The van der Waals surface area contributed by atoms with Gasteiger partial charge in [0, 0.05) is 16.4 Å². The molecular weight excluding hydrogens is 308 g/mol. The molecule has 2 saturated carbocycles. The van der Waals surface area contributed by atoms with Gasteiger partial charge in [0.25, 0.3) is 0 Å². The van der Waals surface area contributed by atoms with E-state index >= 15 is 0 Å². The van der Waals surface area contributed by atoms with Crippen molar-refractivity contribution in [3.05, 3.63) is 46.0 Å². The number of carboxylic acids is 1. The molecule has 0 amide bonds. The van der Waals surface area contributed by atoms with Crippen molar-refractivity contribution in [1.29, 1.82) is 0 Å². The molecule has 2 fully saturated rings. The van der Waals surface area contributed by atoms with Crippen LogP contribution in [0.1, 0.15) is 50.6 Å². The Hall–Kier alpha value is -1.95. The van der Waals surface area contributed by atoms with E-state index < -0.39 is 11.4 Å². The number of hydrogen-bond acceptors (Lipinski definition) is 4. The summed E-state index contributed by atoms with van der Waals surface area (Å²) in [4.78, 5) is 21.0. The van der Waals surface area contributed by atoms with Crippen LogP contribution in [-0.2, 0) is 4.79 Å². The Kier molecular flexibility index (Phi) is 5.94. The number of carboxylic acid groups (broad SMARTS) is 1. The van der Waals surface area contributed by atoms with Crippen LogP contribution in [0.3, 0.4) is 0 Å². The molecule has 2 aliphatic rings. The summed E-state index contributed by atoms with van der Waals surface area (Å²) in [6, 6.07) is 10.2. The number of nitro groups is 1. The molecule has 0 aliphatic heterocycles. The minimum Gasteiger partial charge on any atom is -0.481 e. The molecule has 3 unspecified atom stereocenters. The topological polar surface area (TPSA) is 106 Å². The zero-order chi connectivity index (χ0) is 17.7. The fourth-order valence-corrected chi connectivity index (χ4v) is 4.36. The number of benzene rings is 1. The molecule has 0 saturated heterocycles. The summed E-state index contributed by atoms with van der Waals surface area (Å²) in [5, 5.41) is 19.4. The first-order valence-electron chi connectivity index (χ1n) is 8.48. The fraction of sp³-hybridized carbons (Fsp3) is 0.611. The fourth-order valence-electron chi connectivity index (χ4n) is 4.36. The molecule has 4 atom stereocenters. The monoisotopic (exact) mass is 334 g/mol. The largest absolute Gasteiger partial charge is 0.481 e. The van der Waals surface area contributed by atoms with Gasteiger partial charge in [-0.15, -0.1) is 0 Å². The standard InChI is InChI=1S/C10H15NO4.C8H11N/c12-9(13)5-10(6-11(14)15)4-7-2-1-3-8(7)10;1-7(9)8-5-3-2-4-6-8/h7-8H,1-6H2,(H,12,13);2-7H,9H2,1H3/t;7-/m.1/s1. The predicted octanol–water partition coefficient (Wildman–Crippen LogP) is 3.25. The summed E-state index contributed by atoms with van der Waals surface area (Å²) < 4.78 is 0. The average Bonchev–Trinajstić information content (AvgIpc) is 2.90. The Bertz CT molecular complexity index is 558. The van der Waals surface area contributed by atoms with Gasteiger partial charge in [0.2, 0.25) is 6.54 Å². The number of carbonyl (C=O) groups is 1. The van der Waals surface area contributed by atoms with E-state index in [1.165, 1.54) is 5.56 Å². The summed E-state index contributed by atoms with van der Waals surface area (Å²) >= 11 is 0. The summed E-state index contributed by atoms with van der Waals surface area (Å²) in [7, 11) is 0. The van der Waals surface area contributed by atoms with Gasteiger partial charge in [0.1, 0.15) is 0 Å². The molecule has 0 aromatic heterocycles. The first kappa shape index (κ1) is 18.4. The van der Waals surface area contributed by atoms with Crippen LogP contribution in [-0.4, -0.2) is 22.5 Å². The average molecular weight is 334 g/mol. The molecule has 24 heavy (non-hydrogen) atoms. The van der Waals surface area contributed by atoms with E-state index in [0.29, 0.717) is 11.8 Å². The van der Waals surface area contributed by atoms with Crippen LogP contribution in [0.15, 0.2) is 30.3 Å². The molecule has 0 bridgehead atoms. The second-order valence-electron chi connectivity index (χ2n) is 7.12. The lowest BCUT2D eigenvalue weighted by Crippen LogP contribution is -2.50. The molecule has 3 N–H and O–H groups in total. The molecular formula is C18H26N2O4. The van der Waals surface area contributed by atoms with E-state index in [0.717, 1.165) is 25.7 Å². The van der Waals surface area contributed by atoms with Crippen LogP contribution in [0.5, 0.6) is 0 Å². The van der Waals surface area contributed by atoms with Crippen molar-refractivity contribution in [3.8, 4) is 0 Å². The first-order chi connectivity index (χ1) is 11.3. The molecule has 3 rings (SSSR count). The lowest BCUT2D eigenvalue weighted by Gasteiger charge is -2.49. The maximum atomic E-state index is 10.8. The highest BCUT2D eigenvalue weighted by Gasteiger charge is 2.58. The number of nitrogens with zero attached hydrogens (tertiary/aromatic N) is 1. The summed E-state index contributed by atoms with van der Waals surface area (Å²) in [5.41, 5.74) is 6.27. The van der Waals surface area contributed by atoms with Gasteiger partial charge >= 0.3 is 5.97 Å². The Labute approximate surface area is 142 Å². The Balaban J connectivity index is 0.000000198. The zero-order valence-electron chi connectivity index (χ0n) is 14.1. The molecule has 2 aliphatic carbocycles. The van der Waals surface area contributed by atoms with Crippen LogP contribution in [0.25, 0.3) is 0 Å². The van der Waals surface area contributed by atoms with Gasteiger partial charge in [-0.05, 0) is 37.2 Å². The van der Waals surface area contributed by atoms with Gasteiger partial charge in [-0.1, -0.05) is 43.2 Å². The first-order valence-corrected chi connectivity index (χ1v) is 8.48. The Morgan fingerprint density at radius 1 is 1.42 bits per heavy atom. The van der Waals surface area contributed by atoms with E-state index in [9.17, 15) is 14.9 Å². The molecule has 132 valence electrons. The minimum absolute atomic E-state index is 0.0326. The highest BCUT2D eigenvalue weighted by Crippen LogP contribution is 2.60. The smallest absolute Gasteiger partial charge is 0.304 e. The van der Waals surface area contributed by atoms with E-state index in [1.807, 2.05) is 37.3 Å². The molecule has 0 spiro atoms. The maximum Gasteiger partial charge on any atom is 0.304 e. The van der Waals surface area contributed by atoms with Gasteiger partial charge in [-0.2, -0.15) is 0 Å². The maximum absolute atomic E-state index is 10.8. The van der Waals surface area contributed by atoms with Gasteiger partial charge in [0.05, 0.1) is 6.42 Å². The third-order valence-electron chi connectivity index (χ3n) is 5.39. The SMILES string of the molecule is C[C@@H](N)c1ccccc1.O=C(O)CC1(C[N+](=O)[O-])CC2CCCC21. The molecule has 6 heteroatoms. The van der Waals surface area contributed by atoms with Crippen LogP contribution < -0.4 is 5.73 Å². The predicted molar refractivity (Wildman–Crippen MR) is 91.0 cm³/mol. The van der Waals surface area contributed by atoms with Crippen LogP contribution in [0, 0.1) is 27.4 Å².